The predicted molar refractivity (Wildman–Crippen MR) is 101 cm³/mol. The quantitative estimate of drug-likeness (QED) is 0.456. The normalized spacial score (nSPS) is 11.2. The topological polar surface area (TPSA) is 30.7 Å². The van der Waals surface area contributed by atoms with Crippen LogP contribution in [0.4, 0.5) is 0 Å². The molecule has 0 saturated heterocycles. The SMILES string of the molecule is [c]1ccc2c(c1)c1ccccc1n2-c1cnc(-c2ccccc2)nc1. The number of para-hydroxylation sites is 1. The number of fused-ring (bicyclic) bond motifs is 3. The molecule has 0 unspecified atom stereocenters. The van der Waals surface area contributed by atoms with Crippen molar-refractivity contribution in [2.24, 2.45) is 0 Å². The number of benzene rings is 3. The molecule has 0 saturated carbocycles. The fourth-order valence-corrected chi connectivity index (χ4v) is 3.31. The van der Waals surface area contributed by atoms with Gasteiger partial charge in [0.05, 0.1) is 29.1 Å². The van der Waals surface area contributed by atoms with Crippen molar-refractivity contribution in [1.29, 1.82) is 0 Å². The molecule has 2 heterocycles. The van der Waals surface area contributed by atoms with Crippen molar-refractivity contribution in [1.82, 2.24) is 14.5 Å². The van der Waals surface area contributed by atoms with Crippen molar-refractivity contribution in [2.75, 3.05) is 0 Å². The van der Waals surface area contributed by atoms with Crippen molar-refractivity contribution in [3.63, 3.8) is 0 Å². The second-order valence-corrected chi connectivity index (χ2v) is 5.93. The Bertz CT molecular complexity index is 1120. The number of aromatic nitrogens is 3. The zero-order valence-electron chi connectivity index (χ0n) is 13.4. The molecule has 0 N–H and O–H groups in total. The first kappa shape index (κ1) is 13.9. The highest BCUT2D eigenvalue weighted by Crippen LogP contribution is 2.31. The Balaban J connectivity index is 1.73. The third-order valence-corrected chi connectivity index (χ3v) is 4.45. The van der Waals surface area contributed by atoms with E-state index < -0.39 is 0 Å². The van der Waals surface area contributed by atoms with Gasteiger partial charge in [-0.2, -0.15) is 0 Å². The summed E-state index contributed by atoms with van der Waals surface area (Å²) < 4.78 is 2.20. The highest BCUT2D eigenvalue weighted by molar-refractivity contribution is 6.09. The van der Waals surface area contributed by atoms with E-state index >= 15 is 0 Å². The van der Waals surface area contributed by atoms with Crippen molar-refractivity contribution < 1.29 is 0 Å². The van der Waals surface area contributed by atoms with Gasteiger partial charge < -0.3 is 4.57 Å². The Morgan fingerprint density at radius 3 is 2.28 bits per heavy atom. The smallest absolute Gasteiger partial charge is 0.159 e. The Hall–Kier alpha value is -3.46. The molecule has 0 amide bonds. The lowest BCUT2D eigenvalue weighted by atomic mass is 10.2. The van der Waals surface area contributed by atoms with Crippen molar-refractivity contribution in [3.8, 4) is 17.1 Å². The molecule has 1 radical (unpaired) electrons. The van der Waals surface area contributed by atoms with E-state index in [9.17, 15) is 0 Å². The van der Waals surface area contributed by atoms with E-state index in [1.807, 2.05) is 54.9 Å². The fraction of sp³-hybridized carbons (Fsp3) is 0. The summed E-state index contributed by atoms with van der Waals surface area (Å²) in [7, 11) is 0. The lowest BCUT2D eigenvalue weighted by molar-refractivity contribution is 1.08. The fourth-order valence-electron chi connectivity index (χ4n) is 3.31. The first-order chi connectivity index (χ1) is 12.4. The molecule has 0 atom stereocenters. The van der Waals surface area contributed by atoms with Gasteiger partial charge in [-0.25, -0.2) is 9.97 Å². The molecular formula is C22H14N3. The monoisotopic (exact) mass is 320 g/mol. The van der Waals surface area contributed by atoms with Crippen LogP contribution in [0.3, 0.4) is 0 Å². The third-order valence-electron chi connectivity index (χ3n) is 4.45. The van der Waals surface area contributed by atoms with Crippen LogP contribution >= 0.6 is 0 Å². The molecule has 0 spiro atoms. The summed E-state index contributed by atoms with van der Waals surface area (Å²) in [5.74, 6) is 0.735. The van der Waals surface area contributed by atoms with Gasteiger partial charge in [-0.3, -0.25) is 0 Å². The zero-order chi connectivity index (χ0) is 16.6. The first-order valence-electron chi connectivity index (χ1n) is 8.19. The van der Waals surface area contributed by atoms with Gasteiger partial charge >= 0.3 is 0 Å². The minimum atomic E-state index is 0.735. The molecule has 5 aromatic rings. The summed E-state index contributed by atoms with van der Waals surface area (Å²) in [5.41, 5.74) is 4.26. The van der Waals surface area contributed by atoms with Crippen molar-refractivity contribution >= 4 is 21.8 Å². The van der Waals surface area contributed by atoms with E-state index in [-0.39, 0.29) is 0 Å². The molecular weight excluding hydrogens is 306 g/mol. The van der Waals surface area contributed by atoms with E-state index in [1.165, 1.54) is 10.8 Å². The lowest BCUT2D eigenvalue weighted by Crippen LogP contribution is -1.97. The average Bonchev–Trinajstić information content (AvgIpc) is 3.03. The molecule has 25 heavy (non-hydrogen) atoms. The van der Waals surface area contributed by atoms with E-state index in [0.717, 1.165) is 28.1 Å². The van der Waals surface area contributed by atoms with Crippen LogP contribution in [-0.2, 0) is 0 Å². The van der Waals surface area contributed by atoms with Gasteiger partial charge in [0.25, 0.3) is 0 Å². The number of hydrogen-bond acceptors (Lipinski definition) is 2. The van der Waals surface area contributed by atoms with E-state index in [1.54, 1.807) is 0 Å². The maximum atomic E-state index is 4.58. The standard InChI is InChI=1S/C22H14N3/c1-2-8-16(9-3-1)22-23-14-17(15-24-22)25-20-12-6-4-10-18(20)19-11-5-7-13-21(19)25/h1-4,6-15H. The summed E-state index contributed by atoms with van der Waals surface area (Å²) in [6.07, 6.45) is 3.77. The number of rotatable bonds is 2. The molecule has 3 nitrogen and oxygen atoms in total. The van der Waals surface area contributed by atoms with Crippen LogP contribution in [-0.4, -0.2) is 14.5 Å². The molecule has 0 bridgehead atoms. The largest absolute Gasteiger partial charge is 0.306 e. The second kappa shape index (κ2) is 5.56. The molecule has 0 aliphatic heterocycles. The number of hydrogen-bond donors (Lipinski definition) is 0. The summed E-state index contributed by atoms with van der Waals surface area (Å²) in [6, 6.07) is 27.6. The van der Waals surface area contributed by atoms with Crippen LogP contribution in [0.2, 0.25) is 0 Å². The Kier molecular flexibility index (Phi) is 3.10. The molecule has 0 aliphatic carbocycles. The van der Waals surface area contributed by atoms with Crippen LogP contribution in [0.15, 0.2) is 85.2 Å². The highest BCUT2D eigenvalue weighted by Gasteiger charge is 2.12. The molecule has 0 aliphatic rings. The van der Waals surface area contributed by atoms with Gasteiger partial charge in [0.15, 0.2) is 5.82 Å². The molecule has 3 aromatic carbocycles. The lowest BCUT2D eigenvalue weighted by Gasteiger charge is -2.07. The average molecular weight is 320 g/mol. The van der Waals surface area contributed by atoms with Crippen LogP contribution < -0.4 is 0 Å². The Morgan fingerprint density at radius 2 is 1.44 bits per heavy atom. The minimum Gasteiger partial charge on any atom is -0.306 e. The number of nitrogens with zero attached hydrogens (tertiary/aromatic N) is 3. The summed E-state index contributed by atoms with van der Waals surface area (Å²) in [6.45, 7) is 0. The van der Waals surface area contributed by atoms with Gasteiger partial charge in [0, 0.05) is 16.3 Å². The van der Waals surface area contributed by atoms with Gasteiger partial charge in [-0.15, -0.1) is 0 Å². The van der Waals surface area contributed by atoms with Gasteiger partial charge in [0.1, 0.15) is 0 Å². The highest BCUT2D eigenvalue weighted by atomic mass is 15.0. The maximum absolute atomic E-state index is 4.58. The maximum Gasteiger partial charge on any atom is 0.159 e. The molecule has 0 fully saturated rings. The van der Waals surface area contributed by atoms with Crippen molar-refractivity contribution in [2.45, 2.75) is 0 Å². The first-order valence-corrected chi connectivity index (χ1v) is 8.19. The van der Waals surface area contributed by atoms with E-state index in [2.05, 4.69) is 50.9 Å². The molecule has 5 rings (SSSR count). The van der Waals surface area contributed by atoms with Crippen LogP contribution in [0.5, 0.6) is 0 Å². The van der Waals surface area contributed by atoms with Gasteiger partial charge in [-0.05, 0) is 24.3 Å². The Labute approximate surface area is 145 Å². The molecule has 117 valence electrons. The van der Waals surface area contributed by atoms with Crippen molar-refractivity contribution in [3.05, 3.63) is 91.3 Å². The second-order valence-electron chi connectivity index (χ2n) is 5.93. The zero-order valence-corrected chi connectivity index (χ0v) is 13.4. The Morgan fingerprint density at radius 1 is 0.720 bits per heavy atom. The summed E-state index contributed by atoms with van der Waals surface area (Å²) in [4.78, 5) is 9.16. The third kappa shape index (κ3) is 2.21. The van der Waals surface area contributed by atoms with E-state index in [4.69, 9.17) is 0 Å². The minimum absolute atomic E-state index is 0.735. The van der Waals surface area contributed by atoms with Gasteiger partial charge in [-0.1, -0.05) is 54.6 Å². The molecule has 3 heteroatoms. The van der Waals surface area contributed by atoms with E-state index in [0.29, 0.717) is 0 Å². The summed E-state index contributed by atoms with van der Waals surface area (Å²) in [5, 5.41) is 2.40. The van der Waals surface area contributed by atoms with Crippen LogP contribution in [0.1, 0.15) is 0 Å². The predicted octanol–water partition coefficient (Wildman–Crippen LogP) is 5.04. The van der Waals surface area contributed by atoms with Gasteiger partial charge in [0.2, 0.25) is 0 Å². The summed E-state index contributed by atoms with van der Waals surface area (Å²) >= 11 is 0. The van der Waals surface area contributed by atoms with Crippen LogP contribution in [0.25, 0.3) is 38.9 Å². The van der Waals surface area contributed by atoms with Crippen LogP contribution in [0, 0.1) is 6.07 Å². The molecule has 2 aromatic heterocycles.